The van der Waals surface area contributed by atoms with E-state index in [1.54, 1.807) is 14.2 Å². The number of methoxy groups -OCH3 is 3. The third kappa shape index (κ3) is 1.66. The van der Waals surface area contributed by atoms with Gasteiger partial charge in [-0.25, -0.2) is 0 Å². The molecule has 2 bridgehead atoms. The SMILES string of the molecule is COC(=O)C1C[C@H]2C=C[C@@H]1[C@@H]2C(OC)OC. The number of carbonyl (C=O) groups excluding carboxylic acids is 1. The molecule has 0 aromatic rings. The fraction of sp³-hybridized carbons (Fsp3) is 0.750. The van der Waals surface area contributed by atoms with Crippen LogP contribution in [-0.4, -0.2) is 33.6 Å². The first-order valence-corrected chi connectivity index (χ1v) is 5.54. The maximum absolute atomic E-state index is 11.6. The number of hydrogen-bond donors (Lipinski definition) is 0. The molecule has 4 nitrogen and oxygen atoms in total. The summed E-state index contributed by atoms with van der Waals surface area (Å²) in [4.78, 5) is 11.6. The third-order valence-electron chi connectivity index (χ3n) is 3.79. The topological polar surface area (TPSA) is 44.8 Å². The van der Waals surface area contributed by atoms with Crippen LogP contribution in [0.2, 0.25) is 0 Å². The fourth-order valence-electron chi connectivity index (χ4n) is 3.10. The summed E-state index contributed by atoms with van der Waals surface area (Å²) in [5.41, 5.74) is 0. The summed E-state index contributed by atoms with van der Waals surface area (Å²) >= 11 is 0. The first-order chi connectivity index (χ1) is 7.72. The maximum Gasteiger partial charge on any atom is 0.309 e. The van der Waals surface area contributed by atoms with Crippen LogP contribution < -0.4 is 0 Å². The van der Waals surface area contributed by atoms with Crippen LogP contribution in [0.15, 0.2) is 12.2 Å². The van der Waals surface area contributed by atoms with E-state index < -0.39 is 0 Å². The van der Waals surface area contributed by atoms with Crippen molar-refractivity contribution in [2.45, 2.75) is 12.7 Å². The average molecular weight is 226 g/mol. The molecule has 4 heteroatoms. The molecule has 0 aliphatic heterocycles. The van der Waals surface area contributed by atoms with Crippen molar-refractivity contribution in [3.8, 4) is 0 Å². The predicted octanol–water partition coefficient (Wildman–Crippen LogP) is 1.22. The molecule has 0 amide bonds. The molecule has 0 radical (unpaired) electrons. The van der Waals surface area contributed by atoms with Gasteiger partial charge in [0.2, 0.25) is 0 Å². The van der Waals surface area contributed by atoms with Crippen LogP contribution in [0.3, 0.4) is 0 Å². The van der Waals surface area contributed by atoms with Gasteiger partial charge in [0, 0.05) is 20.1 Å². The van der Waals surface area contributed by atoms with Gasteiger partial charge in [-0.1, -0.05) is 12.2 Å². The lowest BCUT2D eigenvalue weighted by molar-refractivity contribution is -0.153. The molecule has 90 valence electrons. The third-order valence-corrected chi connectivity index (χ3v) is 3.79. The van der Waals surface area contributed by atoms with Gasteiger partial charge in [0.1, 0.15) is 0 Å². The Bertz CT molecular complexity index is 295. The van der Waals surface area contributed by atoms with Crippen molar-refractivity contribution >= 4 is 5.97 Å². The quantitative estimate of drug-likeness (QED) is 0.411. The van der Waals surface area contributed by atoms with Gasteiger partial charge in [0.15, 0.2) is 6.29 Å². The molecular weight excluding hydrogens is 208 g/mol. The first kappa shape index (κ1) is 11.6. The Morgan fingerprint density at radius 3 is 2.50 bits per heavy atom. The second-order valence-electron chi connectivity index (χ2n) is 4.41. The minimum atomic E-state index is -0.236. The Hall–Kier alpha value is -0.870. The summed E-state index contributed by atoms with van der Waals surface area (Å²) in [5.74, 6) is 0.672. The van der Waals surface area contributed by atoms with Gasteiger partial charge in [0.25, 0.3) is 0 Å². The molecule has 1 fully saturated rings. The Kier molecular flexibility index (Phi) is 3.30. The highest BCUT2D eigenvalue weighted by atomic mass is 16.7. The van der Waals surface area contributed by atoms with Gasteiger partial charge >= 0.3 is 5.97 Å². The highest BCUT2D eigenvalue weighted by Crippen LogP contribution is 2.50. The highest BCUT2D eigenvalue weighted by Gasteiger charge is 2.51. The molecule has 1 saturated carbocycles. The lowest BCUT2D eigenvalue weighted by atomic mass is 9.90. The zero-order chi connectivity index (χ0) is 11.7. The maximum atomic E-state index is 11.6. The summed E-state index contributed by atoms with van der Waals surface area (Å²) in [6, 6.07) is 0. The van der Waals surface area contributed by atoms with Crippen molar-refractivity contribution in [2.75, 3.05) is 21.3 Å². The summed E-state index contributed by atoms with van der Waals surface area (Å²) in [6.07, 6.45) is 4.88. The summed E-state index contributed by atoms with van der Waals surface area (Å²) in [7, 11) is 4.72. The zero-order valence-electron chi connectivity index (χ0n) is 9.88. The monoisotopic (exact) mass is 226 g/mol. The predicted molar refractivity (Wildman–Crippen MR) is 57.5 cm³/mol. The molecule has 1 unspecified atom stereocenters. The number of carbonyl (C=O) groups is 1. The van der Waals surface area contributed by atoms with Gasteiger partial charge in [0.05, 0.1) is 13.0 Å². The molecular formula is C12H18O4. The van der Waals surface area contributed by atoms with Crippen molar-refractivity contribution in [3.63, 3.8) is 0 Å². The standard InChI is InChI=1S/C12H18O4/c1-14-11(13)9-6-7-4-5-8(9)10(7)12(15-2)16-3/h4-5,7-10,12H,6H2,1-3H3/t7-,8+,9?,10-/m1/s1. The van der Waals surface area contributed by atoms with Crippen LogP contribution in [0, 0.1) is 23.7 Å². The van der Waals surface area contributed by atoms with Crippen LogP contribution in [0.25, 0.3) is 0 Å². The minimum Gasteiger partial charge on any atom is -0.469 e. The van der Waals surface area contributed by atoms with Crippen molar-refractivity contribution in [3.05, 3.63) is 12.2 Å². The molecule has 16 heavy (non-hydrogen) atoms. The lowest BCUT2D eigenvalue weighted by Crippen LogP contribution is -2.31. The summed E-state index contributed by atoms with van der Waals surface area (Å²) in [6.45, 7) is 0. The first-order valence-electron chi connectivity index (χ1n) is 5.54. The van der Waals surface area contributed by atoms with Gasteiger partial charge in [-0.15, -0.1) is 0 Å². The van der Waals surface area contributed by atoms with Crippen LogP contribution in [0.4, 0.5) is 0 Å². The smallest absolute Gasteiger partial charge is 0.309 e. The molecule has 0 heterocycles. The second-order valence-corrected chi connectivity index (χ2v) is 4.41. The van der Waals surface area contributed by atoms with Crippen molar-refractivity contribution < 1.29 is 19.0 Å². The van der Waals surface area contributed by atoms with Crippen LogP contribution >= 0.6 is 0 Å². The second kappa shape index (κ2) is 4.55. The van der Waals surface area contributed by atoms with E-state index >= 15 is 0 Å². The Morgan fingerprint density at radius 1 is 1.25 bits per heavy atom. The number of allylic oxidation sites excluding steroid dienone is 2. The van der Waals surface area contributed by atoms with Crippen molar-refractivity contribution in [2.24, 2.45) is 23.7 Å². The van der Waals surface area contributed by atoms with E-state index in [2.05, 4.69) is 12.2 Å². The largest absolute Gasteiger partial charge is 0.469 e. The number of fused-ring (bicyclic) bond motifs is 2. The molecule has 0 saturated heterocycles. The molecule has 2 rings (SSSR count). The van der Waals surface area contributed by atoms with Crippen molar-refractivity contribution in [1.29, 1.82) is 0 Å². The van der Waals surface area contributed by atoms with Crippen LogP contribution in [0.1, 0.15) is 6.42 Å². The van der Waals surface area contributed by atoms with E-state index in [0.717, 1.165) is 6.42 Å². The summed E-state index contributed by atoms with van der Waals surface area (Å²) < 4.78 is 15.5. The molecule has 0 aromatic carbocycles. The normalized spacial score (nSPS) is 36.0. The zero-order valence-corrected chi connectivity index (χ0v) is 9.88. The molecule has 0 spiro atoms. The Labute approximate surface area is 95.6 Å². The molecule has 2 aliphatic carbocycles. The molecule has 4 atom stereocenters. The van der Waals surface area contributed by atoms with Crippen molar-refractivity contribution in [1.82, 2.24) is 0 Å². The number of esters is 1. The van der Waals surface area contributed by atoms with Gasteiger partial charge in [-0.3, -0.25) is 4.79 Å². The minimum absolute atomic E-state index is 0.0298. The van der Waals surface area contributed by atoms with Gasteiger partial charge < -0.3 is 14.2 Å². The lowest BCUT2D eigenvalue weighted by Gasteiger charge is -2.25. The van der Waals surface area contributed by atoms with E-state index in [0.29, 0.717) is 5.92 Å². The van der Waals surface area contributed by atoms with E-state index in [1.807, 2.05) is 0 Å². The molecule has 2 aliphatic rings. The summed E-state index contributed by atoms with van der Waals surface area (Å²) in [5, 5.41) is 0. The van der Waals surface area contributed by atoms with Gasteiger partial charge in [-0.05, 0) is 18.3 Å². The van der Waals surface area contributed by atoms with E-state index in [4.69, 9.17) is 14.2 Å². The van der Waals surface area contributed by atoms with Crippen LogP contribution in [-0.2, 0) is 19.0 Å². The Morgan fingerprint density at radius 2 is 1.94 bits per heavy atom. The van der Waals surface area contributed by atoms with Gasteiger partial charge in [-0.2, -0.15) is 0 Å². The molecule has 0 N–H and O–H groups in total. The van der Waals surface area contributed by atoms with E-state index in [9.17, 15) is 4.79 Å². The fourth-order valence-corrected chi connectivity index (χ4v) is 3.10. The van der Waals surface area contributed by atoms with Crippen LogP contribution in [0.5, 0.6) is 0 Å². The molecule has 0 aromatic heterocycles. The average Bonchev–Trinajstić information content (AvgIpc) is 2.88. The Balaban J connectivity index is 2.12. The number of hydrogen-bond acceptors (Lipinski definition) is 4. The van der Waals surface area contributed by atoms with E-state index in [-0.39, 0.29) is 30.0 Å². The number of rotatable bonds is 4. The van der Waals surface area contributed by atoms with E-state index in [1.165, 1.54) is 7.11 Å². The highest BCUT2D eigenvalue weighted by molar-refractivity contribution is 5.74. The number of ether oxygens (including phenoxy) is 3.